The number of imide groups is 1. The third kappa shape index (κ3) is 1.54. The summed E-state index contributed by atoms with van der Waals surface area (Å²) in [6.45, 7) is -0.158. The maximum Gasteiger partial charge on any atom is 0.285 e. The first-order valence-corrected chi connectivity index (χ1v) is 4.56. The van der Waals surface area contributed by atoms with E-state index in [0.717, 1.165) is 6.08 Å². The summed E-state index contributed by atoms with van der Waals surface area (Å²) >= 11 is 0. The minimum absolute atomic E-state index is 0.158. The number of fused-ring (bicyclic) bond motifs is 1. The number of rotatable bonds is 3. The van der Waals surface area contributed by atoms with Crippen LogP contribution in [0.4, 0.5) is 0 Å². The molecule has 0 N–H and O–H groups in total. The second-order valence-electron chi connectivity index (χ2n) is 3.07. The maximum absolute atomic E-state index is 11.7. The standard InChI is InChI=1S/C11H7NO4/c13-6-3-7-16-12-10(14)8-4-1-2-5-9(8)11(12)15/h1-5H,7H2. The molecule has 0 radical (unpaired) electrons. The van der Waals surface area contributed by atoms with E-state index < -0.39 is 11.8 Å². The normalized spacial score (nSPS) is 13.6. The Kier molecular flexibility index (Phi) is 2.64. The molecule has 16 heavy (non-hydrogen) atoms. The number of benzene rings is 1. The first-order chi connectivity index (χ1) is 7.75. The molecule has 0 bridgehead atoms. The van der Waals surface area contributed by atoms with Gasteiger partial charge in [-0.3, -0.25) is 14.4 Å². The van der Waals surface area contributed by atoms with Gasteiger partial charge in [0.1, 0.15) is 12.5 Å². The van der Waals surface area contributed by atoms with Gasteiger partial charge in [-0.15, -0.1) is 5.06 Å². The summed E-state index contributed by atoms with van der Waals surface area (Å²) in [6, 6.07) is 6.43. The summed E-state index contributed by atoms with van der Waals surface area (Å²) < 4.78 is 0. The molecule has 1 aliphatic heterocycles. The summed E-state index contributed by atoms with van der Waals surface area (Å²) in [5.74, 6) is 0.465. The van der Waals surface area contributed by atoms with Gasteiger partial charge in [0.25, 0.3) is 11.8 Å². The van der Waals surface area contributed by atoms with Crippen LogP contribution in [-0.4, -0.2) is 29.4 Å². The Morgan fingerprint density at radius 1 is 1.19 bits per heavy atom. The lowest BCUT2D eigenvalue weighted by Crippen LogP contribution is -2.30. The Morgan fingerprint density at radius 2 is 1.75 bits per heavy atom. The van der Waals surface area contributed by atoms with E-state index in [0.29, 0.717) is 16.2 Å². The van der Waals surface area contributed by atoms with Crippen molar-refractivity contribution in [1.82, 2.24) is 5.06 Å². The SMILES string of the molecule is O=C=CCON1C(=O)c2ccccc2C1=O. The Hall–Kier alpha value is -2.23. The van der Waals surface area contributed by atoms with E-state index in [1.54, 1.807) is 24.3 Å². The second-order valence-corrected chi connectivity index (χ2v) is 3.07. The monoisotopic (exact) mass is 217 g/mol. The molecule has 80 valence electrons. The lowest BCUT2D eigenvalue weighted by Gasteiger charge is -2.10. The average Bonchev–Trinajstić information content (AvgIpc) is 2.55. The summed E-state index contributed by atoms with van der Waals surface area (Å²) in [7, 11) is 0. The van der Waals surface area contributed by atoms with Crippen molar-refractivity contribution in [3.63, 3.8) is 0 Å². The van der Waals surface area contributed by atoms with Crippen molar-refractivity contribution >= 4 is 17.8 Å². The molecule has 5 nitrogen and oxygen atoms in total. The van der Waals surface area contributed by atoms with Crippen LogP contribution in [0.5, 0.6) is 0 Å². The van der Waals surface area contributed by atoms with Crippen LogP contribution >= 0.6 is 0 Å². The highest BCUT2D eigenvalue weighted by Gasteiger charge is 2.36. The number of hydrogen-bond donors (Lipinski definition) is 0. The molecule has 0 atom stereocenters. The van der Waals surface area contributed by atoms with Crippen LogP contribution in [0.3, 0.4) is 0 Å². The zero-order valence-electron chi connectivity index (χ0n) is 8.17. The topological polar surface area (TPSA) is 63.7 Å². The lowest BCUT2D eigenvalue weighted by molar-refractivity contribution is -0.0799. The van der Waals surface area contributed by atoms with Crippen molar-refractivity contribution in [3.8, 4) is 0 Å². The molecular formula is C11H7NO4. The number of hydrogen-bond acceptors (Lipinski definition) is 4. The van der Waals surface area contributed by atoms with Gasteiger partial charge in [-0.25, -0.2) is 4.79 Å². The molecule has 2 amide bonds. The predicted octanol–water partition coefficient (Wildman–Crippen LogP) is 0.602. The maximum atomic E-state index is 11.7. The molecule has 1 aromatic carbocycles. The molecule has 2 rings (SSSR count). The fourth-order valence-corrected chi connectivity index (χ4v) is 1.43. The number of carbonyl (C=O) groups excluding carboxylic acids is 3. The lowest BCUT2D eigenvalue weighted by atomic mass is 10.1. The fraction of sp³-hybridized carbons (Fsp3) is 0.0909. The van der Waals surface area contributed by atoms with Gasteiger partial charge in [0.15, 0.2) is 0 Å². The minimum atomic E-state index is -0.514. The van der Waals surface area contributed by atoms with Gasteiger partial charge >= 0.3 is 0 Å². The Labute approximate surface area is 90.9 Å². The Morgan fingerprint density at radius 3 is 2.25 bits per heavy atom. The Bertz CT molecular complexity index is 467. The molecule has 1 aromatic rings. The summed E-state index contributed by atoms with van der Waals surface area (Å²) in [5.41, 5.74) is 0.616. The Balaban J connectivity index is 2.24. The molecule has 0 saturated heterocycles. The van der Waals surface area contributed by atoms with E-state index in [1.807, 2.05) is 0 Å². The van der Waals surface area contributed by atoms with Crippen molar-refractivity contribution in [2.24, 2.45) is 0 Å². The zero-order chi connectivity index (χ0) is 11.5. The molecule has 0 unspecified atom stereocenters. The van der Waals surface area contributed by atoms with Gasteiger partial charge in [0.05, 0.1) is 11.1 Å². The van der Waals surface area contributed by atoms with E-state index in [2.05, 4.69) is 0 Å². The second kappa shape index (κ2) is 4.10. The van der Waals surface area contributed by atoms with Crippen LogP contribution in [0, 0.1) is 0 Å². The van der Waals surface area contributed by atoms with Crippen LogP contribution in [0.2, 0.25) is 0 Å². The van der Waals surface area contributed by atoms with Crippen molar-refractivity contribution in [3.05, 3.63) is 41.5 Å². The van der Waals surface area contributed by atoms with Gasteiger partial charge in [-0.1, -0.05) is 12.1 Å². The third-order valence-electron chi connectivity index (χ3n) is 2.13. The molecule has 1 aliphatic rings. The van der Waals surface area contributed by atoms with E-state index in [1.165, 1.54) is 5.94 Å². The molecule has 0 aromatic heterocycles. The largest absolute Gasteiger partial charge is 0.285 e. The van der Waals surface area contributed by atoms with Crippen molar-refractivity contribution in [2.45, 2.75) is 0 Å². The molecule has 0 saturated carbocycles. The first-order valence-electron chi connectivity index (χ1n) is 4.56. The van der Waals surface area contributed by atoms with E-state index >= 15 is 0 Å². The fourth-order valence-electron chi connectivity index (χ4n) is 1.43. The third-order valence-corrected chi connectivity index (χ3v) is 2.13. The highest BCUT2D eigenvalue weighted by atomic mass is 16.7. The smallest absolute Gasteiger partial charge is 0.266 e. The van der Waals surface area contributed by atoms with Crippen LogP contribution in [0.1, 0.15) is 20.7 Å². The van der Waals surface area contributed by atoms with Gasteiger partial charge in [0, 0.05) is 6.08 Å². The summed E-state index contributed by atoms with van der Waals surface area (Å²) in [6.07, 6.45) is 1.05. The van der Waals surface area contributed by atoms with Gasteiger partial charge < -0.3 is 0 Å². The summed E-state index contributed by atoms with van der Waals surface area (Å²) in [5, 5.41) is 0.651. The van der Waals surface area contributed by atoms with Crippen LogP contribution in [0.25, 0.3) is 0 Å². The molecule has 0 aliphatic carbocycles. The molecule has 1 heterocycles. The first kappa shape index (κ1) is 10.3. The molecular weight excluding hydrogens is 210 g/mol. The number of carbonyl (C=O) groups is 2. The van der Waals surface area contributed by atoms with Gasteiger partial charge in [-0.2, -0.15) is 0 Å². The highest BCUT2D eigenvalue weighted by Crippen LogP contribution is 2.22. The van der Waals surface area contributed by atoms with Crippen molar-refractivity contribution in [1.29, 1.82) is 0 Å². The van der Waals surface area contributed by atoms with Gasteiger partial charge in [0.2, 0.25) is 0 Å². The minimum Gasteiger partial charge on any atom is -0.266 e. The molecule has 0 spiro atoms. The van der Waals surface area contributed by atoms with E-state index in [4.69, 9.17) is 4.84 Å². The van der Waals surface area contributed by atoms with Crippen molar-refractivity contribution < 1.29 is 19.2 Å². The predicted molar refractivity (Wildman–Crippen MR) is 53.2 cm³/mol. The molecule has 5 heteroatoms. The van der Waals surface area contributed by atoms with Crippen LogP contribution < -0.4 is 0 Å². The summed E-state index contributed by atoms with van der Waals surface area (Å²) in [4.78, 5) is 38.1. The van der Waals surface area contributed by atoms with Gasteiger partial charge in [-0.05, 0) is 12.1 Å². The van der Waals surface area contributed by atoms with E-state index in [-0.39, 0.29) is 6.61 Å². The number of hydroxylamine groups is 2. The van der Waals surface area contributed by atoms with Crippen molar-refractivity contribution in [2.75, 3.05) is 6.61 Å². The van der Waals surface area contributed by atoms with E-state index in [9.17, 15) is 14.4 Å². The zero-order valence-corrected chi connectivity index (χ0v) is 8.17. The quantitative estimate of drug-likeness (QED) is 0.549. The average molecular weight is 217 g/mol. The van der Waals surface area contributed by atoms with Crippen LogP contribution in [-0.2, 0) is 9.63 Å². The highest BCUT2D eigenvalue weighted by molar-refractivity contribution is 6.20. The number of amides is 2. The molecule has 0 fully saturated rings. The van der Waals surface area contributed by atoms with Crippen LogP contribution in [0.15, 0.2) is 30.3 Å². The number of nitrogens with zero attached hydrogens (tertiary/aromatic N) is 1.